The minimum absolute atomic E-state index is 0.115. The fourth-order valence-electron chi connectivity index (χ4n) is 3.44. The van der Waals surface area contributed by atoms with Crippen molar-refractivity contribution in [1.29, 1.82) is 0 Å². The molecule has 2 atom stereocenters. The fraction of sp³-hybridized carbons (Fsp3) is 0.400. The molecule has 2 aromatic rings. The highest BCUT2D eigenvalue weighted by atomic mass is 15.0. The molecule has 0 spiro atoms. The van der Waals surface area contributed by atoms with Gasteiger partial charge in [-0.15, -0.1) is 0 Å². The van der Waals surface area contributed by atoms with Gasteiger partial charge < -0.3 is 5.32 Å². The van der Waals surface area contributed by atoms with Crippen LogP contribution >= 0.6 is 0 Å². The second kappa shape index (κ2) is 5.31. The Morgan fingerprint density at radius 1 is 1.00 bits per heavy atom. The van der Waals surface area contributed by atoms with Crippen molar-refractivity contribution in [2.75, 3.05) is 0 Å². The molecular formula is C20H25N. The molecule has 3 rings (SSSR count). The predicted molar refractivity (Wildman–Crippen MR) is 89.7 cm³/mol. The number of benzene rings is 2. The van der Waals surface area contributed by atoms with Gasteiger partial charge in [-0.3, -0.25) is 0 Å². The highest BCUT2D eigenvalue weighted by Crippen LogP contribution is 2.43. The van der Waals surface area contributed by atoms with Crippen LogP contribution in [-0.2, 0) is 6.42 Å². The Morgan fingerprint density at radius 3 is 2.38 bits per heavy atom. The van der Waals surface area contributed by atoms with Crippen LogP contribution < -0.4 is 5.32 Å². The SMILES string of the molecule is Cc1ccc2c(c1)C[C@H](c1ccccc1)[C@@H]2NC(C)(C)C. The van der Waals surface area contributed by atoms with Crippen LogP contribution in [0.5, 0.6) is 0 Å². The van der Waals surface area contributed by atoms with Gasteiger partial charge in [0.05, 0.1) is 0 Å². The van der Waals surface area contributed by atoms with Gasteiger partial charge in [0, 0.05) is 17.5 Å². The van der Waals surface area contributed by atoms with E-state index >= 15 is 0 Å². The van der Waals surface area contributed by atoms with Gasteiger partial charge in [0.1, 0.15) is 0 Å². The molecule has 1 aliphatic rings. The predicted octanol–water partition coefficient (Wildman–Crippen LogP) is 4.76. The Kier molecular flexibility index (Phi) is 3.62. The molecule has 0 aliphatic heterocycles. The van der Waals surface area contributed by atoms with E-state index < -0.39 is 0 Å². The first kappa shape index (κ1) is 14.3. The number of nitrogens with one attached hydrogen (secondary N) is 1. The van der Waals surface area contributed by atoms with Crippen LogP contribution in [0.4, 0.5) is 0 Å². The zero-order valence-corrected chi connectivity index (χ0v) is 13.5. The lowest BCUT2D eigenvalue weighted by molar-refractivity contribution is 0.340. The molecule has 0 fully saturated rings. The van der Waals surface area contributed by atoms with Gasteiger partial charge in [0.25, 0.3) is 0 Å². The van der Waals surface area contributed by atoms with E-state index in [9.17, 15) is 0 Å². The third-order valence-corrected chi connectivity index (χ3v) is 4.29. The van der Waals surface area contributed by atoms with Crippen molar-refractivity contribution in [3.8, 4) is 0 Å². The molecule has 0 bridgehead atoms. The Balaban J connectivity index is 2.01. The summed E-state index contributed by atoms with van der Waals surface area (Å²) in [4.78, 5) is 0. The van der Waals surface area contributed by atoms with Gasteiger partial charge in [0.15, 0.2) is 0 Å². The summed E-state index contributed by atoms with van der Waals surface area (Å²) in [7, 11) is 0. The lowest BCUT2D eigenvalue weighted by Crippen LogP contribution is -2.40. The van der Waals surface area contributed by atoms with Crippen LogP contribution in [-0.4, -0.2) is 5.54 Å². The highest BCUT2D eigenvalue weighted by molar-refractivity contribution is 5.43. The molecule has 110 valence electrons. The van der Waals surface area contributed by atoms with Gasteiger partial charge >= 0.3 is 0 Å². The minimum atomic E-state index is 0.115. The molecule has 0 aromatic heterocycles. The molecule has 2 aromatic carbocycles. The van der Waals surface area contributed by atoms with Crippen LogP contribution in [0, 0.1) is 6.92 Å². The van der Waals surface area contributed by atoms with Crippen molar-refractivity contribution in [3.05, 3.63) is 70.8 Å². The summed E-state index contributed by atoms with van der Waals surface area (Å²) in [6.45, 7) is 8.94. The number of aryl methyl sites for hydroxylation is 1. The molecular weight excluding hydrogens is 254 g/mol. The van der Waals surface area contributed by atoms with Crippen molar-refractivity contribution in [1.82, 2.24) is 5.32 Å². The molecule has 0 heterocycles. The van der Waals surface area contributed by atoms with Crippen molar-refractivity contribution in [3.63, 3.8) is 0 Å². The molecule has 1 aliphatic carbocycles. The molecule has 1 heteroatoms. The van der Waals surface area contributed by atoms with Crippen molar-refractivity contribution in [2.24, 2.45) is 0 Å². The summed E-state index contributed by atoms with van der Waals surface area (Å²) >= 11 is 0. The van der Waals surface area contributed by atoms with Crippen molar-refractivity contribution >= 4 is 0 Å². The Hall–Kier alpha value is -1.60. The van der Waals surface area contributed by atoms with Crippen LogP contribution in [0.1, 0.15) is 55.0 Å². The molecule has 21 heavy (non-hydrogen) atoms. The molecule has 0 saturated carbocycles. The molecule has 0 saturated heterocycles. The van der Waals surface area contributed by atoms with Gasteiger partial charge in [-0.25, -0.2) is 0 Å². The second-order valence-corrected chi connectivity index (χ2v) is 7.30. The van der Waals surface area contributed by atoms with E-state index in [1.54, 1.807) is 0 Å². The second-order valence-electron chi connectivity index (χ2n) is 7.30. The standard InChI is InChI=1S/C20H25N/c1-14-10-11-17-16(12-14)13-18(15-8-6-5-7-9-15)19(17)21-20(2,3)4/h5-12,18-19,21H,13H2,1-4H3/t18-,19-/m1/s1. The Bertz CT molecular complexity index is 622. The molecule has 1 nitrogen and oxygen atoms in total. The monoisotopic (exact) mass is 279 g/mol. The average Bonchev–Trinajstić information content (AvgIpc) is 2.76. The van der Waals surface area contributed by atoms with E-state index in [0.717, 1.165) is 6.42 Å². The maximum atomic E-state index is 3.84. The number of fused-ring (bicyclic) bond motifs is 1. The van der Waals surface area contributed by atoms with E-state index in [1.807, 2.05) is 0 Å². The quantitative estimate of drug-likeness (QED) is 0.835. The summed E-state index contributed by atoms with van der Waals surface area (Å²) in [5, 5.41) is 3.84. The summed E-state index contributed by atoms with van der Waals surface area (Å²) < 4.78 is 0. The molecule has 0 radical (unpaired) electrons. The first-order valence-electron chi connectivity index (χ1n) is 7.86. The third-order valence-electron chi connectivity index (χ3n) is 4.29. The van der Waals surface area contributed by atoms with Crippen LogP contribution in [0.25, 0.3) is 0 Å². The summed E-state index contributed by atoms with van der Waals surface area (Å²) in [6.07, 6.45) is 1.13. The van der Waals surface area contributed by atoms with E-state index in [2.05, 4.69) is 81.5 Å². The Morgan fingerprint density at radius 2 is 1.71 bits per heavy atom. The smallest absolute Gasteiger partial charge is 0.0399 e. The zero-order valence-electron chi connectivity index (χ0n) is 13.5. The first-order valence-corrected chi connectivity index (χ1v) is 7.86. The van der Waals surface area contributed by atoms with E-state index in [-0.39, 0.29) is 5.54 Å². The van der Waals surface area contributed by atoms with Gasteiger partial charge in [0.2, 0.25) is 0 Å². The Labute approximate surface area is 128 Å². The number of rotatable bonds is 2. The molecule has 1 N–H and O–H groups in total. The van der Waals surface area contributed by atoms with E-state index in [4.69, 9.17) is 0 Å². The number of hydrogen-bond donors (Lipinski definition) is 1. The summed E-state index contributed by atoms with van der Waals surface area (Å²) in [5.74, 6) is 0.530. The van der Waals surface area contributed by atoms with Crippen molar-refractivity contribution < 1.29 is 0 Å². The maximum absolute atomic E-state index is 3.84. The van der Waals surface area contributed by atoms with Crippen LogP contribution in [0.15, 0.2) is 48.5 Å². The lowest BCUT2D eigenvalue weighted by Gasteiger charge is -2.31. The van der Waals surface area contributed by atoms with Gasteiger partial charge in [-0.1, -0.05) is 54.1 Å². The van der Waals surface area contributed by atoms with Gasteiger partial charge in [-0.05, 0) is 50.8 Å². The largest absolute Gasteiger partial charge is 0.305 e. The maximum Gasteiger partial charge on any atom is 0.0399 e. The highest BCUT2D eigenvalue weighted by Gasteiger charge is 2.35. The lowest BCUT2D eigenvalue weighted by atomic mass is 9.90. The molecule has 0 unspecified atom stereocenters. The summed E-state index contributed by atoms with van der Waals surface area (Å²) in [6, 6.07) is 18.2. The fourth-order valence-corrected chi connectivity index (χ4v) is 3.44. The number of hydrogen-bond acceptors (Lipinski definition) is 1. The van der Waals surface area contributed by atoms with E-state index in [0.29, 0.717) is 12.0 Å². The third kappa shape index (κ3) is 3.03. The first-order chi connectivity index (χ1) is 9.94. The van der Waals surface area contributed by atoms with E-state index in [1.165, 1.54) is 22.3 Å². The normalized spacial score (nSPS) is 21.3. The van der Waals surface area contributed by atoms with Crippen LogP contribution in [0.2, 0.25) is 0 Å². The van der Waals surface area contributed by atoms with Gasteiger partial charge in [-0.2, -0.15) is 0 Å². The molecule has 0 amide bonds. The average molecular weight is 279 g/mol. The van der Waals surface area contributed by atoms with Crippen molar-refractivity contribution in [2.45, 2.75) is 51.6 Å². The summed E-state index contributed by atoms with van der Waals surface area (Å²) in [5.41, 5.74) is 5.89. The van der Waals surface area contributed by atoms with Crippen LogP contribution in [0.3, 0.4) is 0 Å². The zero-order chi connectivity index (χ0) is 15.0. The topological polar surface area (TPSA) is 12.0 Å². The minimum Gasteiger partial charge on any atom is -0.305 e.